The number of amides is 2. The van der Waals surface area contributed by atoms with Crippen LogP contribution in [0.4, 0.5) is 5.82 Å². The van der Waals surface area contributed by atoms with Gasteiger partial charge in [0, 0.05) is 38.4 Å². The minimum absolute atomic E-state index is 0.00368. The standard InChI is InChI=1S/C18H26N4O2/c1-3-14(2)20-16(23)18(7-8-18)17(24)22-12-10-21(11-13-22)15-6-4-5-9-19-15/h4-6,9,14H,3,7-8,10-13H2,1-2H3,(H,20,23). The number of carbonyl (C=O) groups excluding carboxylic acids is 2. The van der Waals surface area contributed by atoms with Gasteiger partial charge >= 0.3 is 0 Å². The first-order valence-corrected chi connectivity index (χ1v) is 8.83. The van der Waals surface area contributed by atoms with Gasteiger partial charge in [-0.15, -0.1) is 0 Å². The summed E-state index contributed by atoms with van der Waals surface area (Å²) in [5.74, 6) is 0.859. The number of nitrogens with one attached hydrogen (secondary N) is 1. The van der Waals surface area contributed by atoms with Crippen molar-refractivity contribution in [1.29, 1.82) is 0 Å². The summed E-state index contributed by atoms with van der Waals surface area (Å²) in [7, 11) is 0. The number of hydrogen-bond acceptors (Lipinski definition) is 4. The van der Waals surface area contributed by atoms with E-state index in [-0.39, 0.29) is 17.9 Å². The molecule has 1 aromatic rings. The second-order valence-electron chi connectivity index (χ2n) is 6.83. The molecule has 0 spiro atoms. The van der Waals surface area contributed by atoms with Crippen LogP contribution in [-0.4, -0.2) is 53.9 Å². The first kappa shape index (κ1) is 16.7. The molecule has 2 amide bonds. The number of rotatable bonds is 5. The lowest BCUT2D eigenvalue weighted by atomic mass is 10.0. The van der Waals surface area contributed by atoms with Crippen molar-refractivity contribution in [2.75, 3.05) is 31.1 Å². The number of anilines is 1. The molecule has 1 saturated heterocycles. The summed E-state index contributed by atoms with van der Waals surface area (Å²) in [5, 5.41) is 2.98. The molecule has 2 fully saturated rings. The van der Waals surface area contributed by atoms with Crippen LogP contribution < -0.4 is 10.2 Å². The zero-order chi connectivity index (χ0) is 17.2. The largest absolute Gasteiger partial charge is 0.353 e. The Hall–Kier alpha value is -2.11. The highest BCUT2D eigenvalue weighted by Gasteiger charge is 2.58. The van der Waals surface area contributed by atoms with E-state index in [1.165, 1.54) is 0 Å². The minimum Gasteiger partial charge on any atom is -0.353 e. The van der Waals surface area contributed by atoms with E-state index < -0.39 is 5.41 Å². The van der Waals surface area contributed by atoms with Crippen LogP contribution in [-0.2, 0) is 9.59 Å². The second-order valence-corrected chi connectivity index (χ2v) is 6.83. The summed E-state index contributed by atoms with van der Waals surface area (Å²) in [6.07, 6.45) is 4.01. The van der Waals surface area contributed by atoms with Crippen molar-refractivity contribution in [2.45, 2.75) is 39.2 Å². The van der Waals surface area contributed by atoms with E-state index in [4.69, 9.17) is 0 Å². The van der Waals surface area contributed by atoms with Crippen LogP contribution in [0, 0.1) is 5.41 Å². The molecule has 1 aliphatic heterocycles. The molecule has 0 bridgehead atoms. The summed E-state index contributed by atoms with van der Waals surface area (Å²) in [6.45, 7) is 6.81. The topological polar surface area (TPSA) is 65.5 Å². The van der Waals surface area contributed by atoms with E-state index in [9.17, 15) is 9.59 Å². The Balaban J connectivity index is 1.58. The van der Waals surface area contributed by atoms with Crippen molar-refractivity contribution in [2.24, 2.45) is 5.41 Å². The highest BCUT2D eigenvalue weighted by atomic mass is 16.2. The van der Waals surface area contributed by atoms with Gasteiger partial charge in [-0.1, -0.05) is 13.0 Å². The quantitative estimate of drug-likeness (QED) is 0.830. The number of pyridine rings is 1. The molecule has 1 atom stereocenters. The molecule has 0 aromatic carbocycles. The van der Waals surface area contributed by atoms with Crippen molar-refractivity contribution in [3.05, 3.63) is 24.4 Å². The lowest BCUT2D eigenvalue weighted by molar-refractivity contribution is -0.144. The summed E-state index contributed by atoms with van der Waals surface area (Å²) in [6, 6.07) is 5.97. The Morgan fingerprint density at radius 3 is 2.50 bits per heavy atom. The minimum atomic E-state index is -0.795. The Kier molecular flexibility index (Phi) is 4.73. The number of nitrogens with zero attached hydrogens (tertiary/aromatic N) is 3. The van der Waals surface area contributed by atoms with Crippen molar-refractivity contribution in [3.63, 3.8) is 0 Å². The fourth-order valence-electron chi connectivity index (χ4n) is 3.11. The van der Waals surface area contributed by atoms with Gasteiger partial charge in [-0.2, -0.15) is 0 Å². The van der Waals surface area contributed by atoms with Crippen molar-refractivity contribution >= 4 is 17.6 Å². The molecule has 2 heterocycles. The average Bonchev–Trinajstić information content (AvgIpc) is 3.44. The van der Waals surface area contributed by atoms with E-state index in [2.05, 4.69) is 15.2 Å². The van der Waals surface area contributed by atoms with Crippen LogP contribution in [0.3, 0.4) is 0 Å². The molecular formula is C18H26N4O2. The van der Waals surface area contributed by atoms with Crippen molar-refractivity contribution in [3.8, 4) is 0 Å². The van der Waals surface area contributed by atoms with Gasteiger partial charge in [-0.25, -0.2) is 4.98 Å². The number of carbonyl (C=O) groups is 2. The van der Waals surface area contributed by atoms with E-state index in [0.29, 0.717) is 25.9 Å². The van der Waals surface area contributed by atoms with Crippen LogP contribution in [0.5, 0.6) is 0 Å². The molecule has 1 aromatic heterocycles. The molecule has 3 rings (SSSR count). The molecule has 6 nitrogen and oxygen atoms in total. The van der Waals surface area contributed by atoms with Gasteiger partial charge in [0.05, 0.1) is 0 Å². The normalized spacial score (nSPS) is 20.4. The molecular weight excluding hydrogens is 304 g/mol. The number of hydrogen-bond donors (Lipinski definition) is 1. The Morgan fingerprint density at radius 2 is 1.96 bits per heavy atom. The Labute approximate surface area is 143 Å². The highest BCUT2D eigenvalue weighted by molar-refractivity contribution is 6.08. The SMILES string of the molecule is CCC(C)NC(=O)C1(C(=O)N2CCN(c3ccccn3)CC2)CC1. The maximum atomic E-state index is 12.9. The average molecular weight is 330 g/mol. The lowest BCUT2D eigenvalue weighted by Gasteiger charge is -2.37. The maximum absolute atomic E-state index is 12.9. The van der Waals surface area contributed by atoms with E-state index >= 15 is 0 Å². The van der Waals surface area contributed by atoms with Gasteiger partial charge in [0.15, 0.2) is 0 Å². The van der Waals surface area contributed by atoms with E-state index in [0.717, 1.165) is 25.3 Å². The second kappa shape index (κ2) is 6.79. The molecule has 1 unspecified atom stereocenters. The third-order valence-electron chi connectivity index (χ3n) is 5.12. The van der Waals surface area contributed by atoms with Crippen LogP contribution >= 0.6 is 0 Å². The molecule has 1 aliphatic carbocycles. The number of aromatic nitrogens is 1. The third kappa shape index (κ3) is 3.23. The molecule has 1 saturated carbocycles. The van der Waals surface area contributed by atoms with Crippen LogP contribution in [0.25, 0.3) is 0 Å². The van der Waals surface area contributed by atoms with Crippen LogP contribution in [0.15, 0.2) is 24.4 Å². The first-order valence-electron chi connectivity index (χ1n) is 8.83. The maximum Gasteiger partial charge on any atom is 0.238 e. The van der Waals surface area contributed by atoms with Gasteiger partial charge in [-0.05, 0) is 38.3 Å². The highest BCUT2D eigenvalue weighted by Crippen LogP contribution is 2.47. The molecule has 2 aliphatic rings. The molecule has 0 radical (unpaired) electrons. The van der Waals surface area contributed by atoms with Gasteiger partial charge in [-0.3, -0.25) is 9.59 Å². The van der Waals surface area contributed by atoms with Gasteiger partial charge in [0.25, 0.3) is 0 Å². The number of piperazine rings is 1. The summed E-state index contributed by atoms with van der Waals surface area (Å²) in [4.78, 5) is 33.8. The molecule has 130 valence electrons. The summed E-state index contributed by atoms with van der Waals surface area (Å²) >= 11 is 0. The lowest BCUT2D eigenvalue weighted by Crippen LogP contribution is -2.54. The van der Waals surface area contributed by atoms with Crippen molar-refractivity contribution < 1.29 is 9.59 Å². The predicted octanol–water partition coefficient (Wildman–Crippen LogP) is 1.43. The summed E-state index contributed by atoms with van der Waals surface area (Å²) in [5.41, 5.74) is -0.795. The monoisotopic (exact) mass is 330 g/mol. The fraction of sp³-hybridized carbons (Fsp3) is 0.611. The molecule has 1 N–H and O–H groups in total. The molecule has 6 heteroatoms. The fourth-order valence-corrected chi connectivity index (χ4v) is 3.11. The van der Waals surface area contributed by atoms with Crippen LogP contribution in [0.2, 0.25) is 0 Å². The van der Waals surface area contributed by atoms with E-state index in [1.807, 2.05) is 36.9 Å². The Morgan fingerprint density at radius 1 is 1.25 bits per heavy atom. The molecule has 24 heavy (non-hydrogen) atoms. The Bertz CT molecular complexity index is 592. The van der Waals surface area contributed by atoms with Gasteiger partial charge in [0.2, 0.25) is 11.8 Å². The zero-order valence-corrected chi connectivity index (χ0v) is 14.5. The summed E-state index contributed by atoms with van der Waals surface area (Å²) < 4.78 is 0. The first-order chi connectivity index (χ1) is 11.6. The van der Waals surface area contributed by atoms with Crippen LogP contribution in [0.1, 0.15) is 33.1 Å². The smallest absolute Gasteiger partial charge is 0.238 e. The van der Waals surface area contributed by atoms with Gasteiger partial charge in [0.1, 0.15) is 11.2 Å². The zero-order valence-electron chi connectivity index (χ0n) is 14.5. The third-order valence-corrected chi connectivity index (χ3v) is 5.12. The predicted molar refractivity (Wildman–Crippen MR) is 92.6 cm³/mol. The van der Waals surface area contributed by atoms with E-state index in [1.54, 1.807) is 6.20 Å². The van der Waals surface area contributed by atoms with Crippen molar-refractivity contribution in [1.82, 2.24) is 15.2 Å². The van der Waals surface area contributed by atoms with Gasteiger partial charge < -0.3 is 15.1 Å².